The molecule has 2 N–H and O–H groups in total. The van der Waals surface area contributed by atoms with Gasteiger partial charge >= 0.3 is 0 Å². The lowest BCUT2D eigenvalue weighted by Crippen LogP contribution is -2.35. The molecule has 3 rings (SSSR count). The van der Waals surface area contributed by atoms with Crippen molar-refractivity contribution in [3.8, 4) is 16.9 Å². The second-order valence-electron chi connectivity index (χ2n) is 9.19. The molecular formula is C27H30Cl2FNO. The monoisotopic (exact) mass is 473 g/mol. The molecule has 3 aromatic carbocycles. The maximum Gasteiger partial charge on any atom is 0.127 e. The third-order valence-electron chi connectivity index (χ3n) is 5.40. The van der Waals surface area contributed by atoms with Crippen LogP contribution in [0.1, 0.15) is 49.4 Å². The molecule has 0 aliphatic rings. The Labute approximate surface area is 200 Å². The Morgan fingerprint density at radius 3 is 2.12 bits per heavy atom. The number of halogens is 3. The Morgan fingerprint density at radius 2 is 1.50 bits per heavy atom. The van der Waals surface area contributed by atoms with Crippen LogP contribution in [0.25, 0.3) is 11.1 Å². The summed E-state index contributed by atoms with van der Waals surface area (Å²) in [6.07, 6.45) is 2.72. The quantitative estimate of drug-likeness (QED) is 0.348. The molecule has 3 aromatic rings. The van der Waals surface area contributed by atoms with Crippen molar-refractivity contribution in [1.82, 2.24) is 5.32 Å². The van der Waals surface area contributed by atoms with Crippen molar-refractivity contribution in [2.45, 2.75) is 58.8 Å². The summed E-state index contributed by atoms with van der Waals surface area (Å²) in [6, 6.07) is 17.2. The largest absolute Gasteiger partial charge is 0.507 e. The summed E-state index contributed by atoms with van der Waals surface area (Å²) in [5.74, 6) is 0.255. The fourth-order valence-corrected chi connectivity index (χ4v) is 3.87. The number of aromatic hydroxyl groups is 1. The van der Waals surface area contributed by atoms with Crippen molar-refractivity contribution >= 4 is 23.2 Å². The summed E-state index contributed by atoms with van der Waals surface area (Å²) in [5, 5.41) is 15.4. The van der Waals surface area contributed by atoms with Crippen molar-refractivity contribution in [3.05, 3.63) is 86.9 Å². The van der Waals surface area contributed by atoms with Crippen LogP contribution in [0.4, 0.5) is 4.39 Å². The van der Waals surface area contributed by atoms with Crippen LogP contribution in [-0.2, 0) is 26.1 Å². The second-order valence-corrected chi connectivity index (χ2v) is 10.0. The van der Waals surface area contributed by atoms with Crippen LogP contribution < -0.4 is 5.32 Å². The molecule has 32 heavy (non-hydrogen) atoms. The van der Waals surface area contributed by atoms with Crippen molar-refractivity contribution in [2.75, 3.05) is 0 Å². The molecule has 0 aliphatic heterocycles. The fraction of sp³-hybridized carbons (Fsp3) is 0.333. The summed E-state index contributed by atoms with van der Waals surface area (Å²) < 4.78 is 12.7. The van der Waals surface area contributed by atoms with Gasteiger partial charge in [0.1, 0.15) is 12.4 Å². The third-order valence-corrected chi connectivity index (χ3v) is 6.14. The minimum atomic E-state index is -0.434. The van der Waals surface area contributed by atoms with Crippen molar-refractivity contribution < 1.29 is 9.50 Å². The third kappa shape index (κ3) is 6.71. The number of rotatable bonds is 8. The zero-order chi connectivity index (χ0) is 23.3. The minimum absolute atomic E-state index is 0.0715. The van der Waals surface area contributed by atoms with Crippen LogP contribution in [0.5, 0.6) is 5.75 Å². The van der Waals surface area contributed by atoms with E-state index in [1.807, 2.05) is 36.4 Å². The predicted octanol–water partition coefficient (Wildman–Crippen LogP) is 7.90. The fourth-order valence-electron chi connectivity index (χ4n) is 3.58. The van der Waals surface area contributed by atoms with E-state index < -0.39 is 6.67 Å². The number of benzene rings is 3. The van der Waals surface area contributed by atoms with E-state index in [1.165, 1.54) is 5.56 Å². The number of nitrogens with one attached hydrogen (secondary N) is 1. The van der Waals surface area contributed by atoms with Crippen molar-refractivity contribution in [2.24, 2.45) is 0 Å². The smallest absolute Gasteiger partial charge is 0.127 e. The zero-order valence-corrected chi connectivity index (χ0v) is 20.3. The average molecular weight is 474 g/mol. The maximum absolute atomic E-state index is 12.7. The van der Waals surface area contributed by atoms with Gasteiger partial charge in [0.15, 0.2) is 0 Å². The van der Waals surface area contributed by atoms with Crippen LogP contribution in [0.3, 0.4) is 0 Å². The van der Waals surface area contributed by atoms with Gasteiger partial charge in [-0.2, -0.15) is 0 Å². The van der Waals surface area contributed by atoms with E-state index in [4.69, 9.17) is 23.2 Å². The van der Waals surface area contributed by atoms with Gasteiger partial charge in [0.25, 0.3) is 0 Å². The summed E-state index contributed by atoms with van der Waals surface area (Å²) in [6.45, 7) is 6.42. The molecule has 0 amide bonds. The van der Waals surface area contributed by atoms with Gasteiger partial charge in [0, 0.05) is 23.2 Å². The first-order chi connectivity index (χ1) is 15.2. The van der Waals surface area contributed by atoms with Crippen molar-refractivity contribution in [1.29, 1.82) is 0 Å². The molecule has 0 unspecified atom stereocenters. The number of phenolic OH excluding ortho intramolecular Hbond substituents is 1. The molecule has 0 spiro atoms. The van der Waals surface area contributed by atoms with Crippen LogP contribution in [0.2, 0.25) is 10.0 Å². The first kappa shape index (κ1) is 24.6. The first-order valence-corrected chi connectivity index (χ1v) is 11.6. The normalized spacial score (nSPS) is 11.7. The highest BCUT2D eigenvalue weighted by molar-refractivity contribution is 6.42. The molecule has 0 radical (unpaired) electrons. The summed E-state index contributed by atoms with van der Waals surface area (Å²) in [5.41, 5.74) is 5.41. The Morgan fingerprint density at radius 1 is 0.844 bits per heavy atom. The van der Waals surface area contributed by atoms with E-state index in [0.717, 1.165) is 41.5 Å². The molecule has 0 atom stereocenters. The van der Waals surface area contributed by atoms with E-state index in [9.17, 15) is 9.50 Å². The van der Waals surface area contributed by atoms with E-state index in [-0.39, 0.29) is 11.3 Å². The molecule has 0 fully saturated rings. The van der Waals surface area contributed by atoms with E-state index in [2.05, 4.69) is 32.2 Å². The van der Waals surface area contributed by atoms with Gasteiger partial charge in [-0.1, -0.05) is 59.6 Å². The molecule has 2 nitrogen and oxygen atoms in total. The molecule has 170 valence electrons. The van der Waals surface area contributed by atoms with E-state index >= 15 is 0 Å². The molecule has 5 heteroatoms. The number of hydrogen-bond donors (Lipinski definition) is 2. The molecule has 0 saturated heterocycles. The average Bonchev–Trinajstić information content (AvgIpc) is 2.75. The molecular weight excluding hydrogens is 444 g/mol. The Bertz CT molecular complexity index is 1060. The van der Waals surface area contributed by atoms with Gasteiger partial charge in [0.2, 0.25) is 0 Å². The lowest BCUT2D eigenvalue weighted by Gasteiger charge is -2.22. The number of alkyl halides is 1. The Kier molecular flexibility index (Phi) is 8.21. The Hall–Kier alpha value is -2.07. The SMILES string of the molecule is CC(C)(C)NCc1cc(CCCc2ccc(CF)cc2)cc(-c2ccc(Cl)c(Cl)c2)c1O. The molecule has 0 aromatic heterocycles. The zero-order valence-electron chi connectivity index (χ0n) is 18.8. The predicted molar refractivity (Wildman–Crippen MR) is 133 cm³/mol. The minimum Gasteiger partial charge on any atom is -0.507 e. The number of hydrogen-bond acceptors (Lipinski definition) is 2. The van der Waals surface area contributed by atoms with E-state index in [0.29, 0.717) is 22.2 Å². The highest BCUT2D eigenvalue weighted by Crippen LogP contribution is 2.37. The topological polar surface area (TPSA) is 32.3 Å². The molecule has 0 bridgehead atoms. The van der Waals surface area contributed by atoms with Gasteiger partial charge in [-0.3, -0.25) is 0 Å². The van der Waals surface area contributed by atoms with Crippen LogP contribution in [-0.4, -0.2) is 10.6 Å². The summed E-state index contributed by atoms with van der Waals surface area (Å²) in [4.78, 5) is 0. The Balaban J connectivity index is 1.85. The highest BCUT2D eigenvalue weighted by Gasteiger charge is 2.16. The second kappa shape index (κ2) is 10.7. The van der Waals surface area contributed by atoms with Gasteiger partial charge in [-0.15, -0.1) is 0 Å². The van der Waals surface area contributed by atoms with E-state index in [1.54, 1.807) is 12.1 Å². The van der Waals surface area contributed by atoms with Crippen molar-refractivity contribution in [3.63, 3.8) is 0 Å². The molecule has 0 aliphatic carbocycles. The summed E-state index contributed by atoms with van der Waals surface area (Å²) in [7, 11) is 0. The van der Waals surface area contributed by atoms with Gasteiger partial charge in [-0.05, 0) is 80.5 Å². The van der Waals surface area contributed by atoms with Gasteiger partial charge < -0.3 is 10.4 Å². The van der Waals surface area contributed by atoms with Crippen LogP contribution in [0.15, 0.2) is 54.6 Å². The van der Waals surface area contributed by atoms with Crippen LogP contribution >= 0.6 is 23.2 Å². The van der Waals surface area contributed by atoms with Crippen LogP contribution in [0, 0.1) is 0 Å². The number of aryl methyl sites for hydroxylation is 2. The van der Waals surface area contributed by atoms with Gasteiger partial charge in [-0.25, -0.2) is 4.39 Å². The highest BCUT2D eigenvalue weighted by atomic mass is 35.5. The standard InChI is InChI=1S/C27H30Cl2FNO/c1-27(2,3)31-17-22-13-20(6-4-5-18-7-9-19(16-30)10-8-18)14-23(26(22)32)21-11-12-24(28)25(29)15-21/h7-15,31-32H,4-6,16-17H2,1-3H3. The lowest BCUT2D eigenvalue weighted by molar-refractivity contribution is 0.412. The molecule has 0 saturated carbocycles. The maximum atomic E-state index is 12.7. The summed E-state index contributed by atoms with van der Waals surface area (Å²) >= 11 is 12.3. The lowest BCUT2D eigenvalue weighted by atomic mass is 9.94. The first-order valence-electron chi connectivity index (χ1n) is 10.9. The number of phenols is 1. The molecule has 0 heterocycles. The van der Waals surface area contributed by atoms with Gasteiger partial charge in [0.05, 0.1) is 10.0 Å².